The molecule has 0 fully saturated rings. The van der Waals surface area contributed by atoms with Crippen LogP contribution in [0.5, 0.6) is 0 Å². The van der Waals surface area contributed by atoms with E-state index in [2.05, 4.69) is 20.9 Å². The van der Waals surface area contributed by atoms with Gasteiger partial charge in [-0.1, -0.05) is 6.07 Å². The van der Waals surface area contributed by atoms with Crippen molar-refractivity contribution in [3.63, 3.8) is 0 Å². The molecular formula is C25H26FN5O2S2. The van der Waals surface area contributed by atoms with Gasteiger partial charge in [0.25, 0.3) is 0 Å². The van der Waals surface area contributed by atoms with E-state index < -0.39 is 5.95 Å². The van der Waals surface area contributed by atoms with Crippen molar-refractivity contribution < 1.29 is 13.9 Å². The monoisotopic (exact) mass is 511 g/mol. The average Bonchev–Trinajstić information content (AvgIpc) is 3.43. The van der Waals surface area contributed by atoms with Gasteiger partial charge in [-0.15, -0.1) is 22.7 Å². The number of nitrogens with one attached hydrogen (secondary N) is 3. The van der Waals surface area contributed by atoms with E-state index in [0.717, 1.165) is 56.4 Å². The fourth-order valence-corrected chi connectivity index (χ4v) is 6.46. The van der Waals surface area contributed by atoms with E-state index in [1.54, 1.807) is 35.8 Å². The van der Waals surface area contributed by atoms with Crippen LogP contribution in [0.1, 0.15) is 16.9 Å². The Hall–Kier alpha value is -2.76. The number of hydrogen-bond acceptors (Lipinski definition) is 8. The second-order valence-corrected chi connectivity index (χ2v) is 10.4. The molecule has 4 aromatic rings. The topological polar surface area (TPSA) is 88.2 Å². The fourth-order valence-electron chi connectivity index (χ4n) is 4.14. The van der Waals surface area contributed by atoms with Crippen molar-refractivity contribution in [3.8, 4) is 21.7 Å². The van der Waals surface area contributed by atoms with Crippen molar-refractivity contribution in [2.24, 2.45) is 0 Å². The lowest BCUT2D eigenvalue weighted by Crippen LogP contribution is -2.24. The maximum atomic E-state index is 13.6. The number of benzene rings is 1. The fraction of sp³-hybridized carbons (Fsp3) is 0.320. The molecule has 0 saturated heterocycles. The molecule has 0 radical (unpaired) electrons. The number of carbonyl (C=O) groups excluding carboxylic acids is 1. The normalized spacial score (nSPS) is 13.2. The zero-order chi connectivity index (χ0) is 24.2. The van der Waals surface area contributed by atoms with Gasteiger partial charge in [-0.3, -0.25) is 4.79 Å². The molecule has 0 unspecified atom stereocenters. The SMILES string of the molecule is COCCNCCC(=O)Nc1sc2c(c1-c1nc3cc(-c4ccnc(F)c4)ccc3s1)CCNC2. The highest BCUT2D eigenvalue weighted by atomic mass is 32.1. The van der Waals surface area contributed by atoms with Gasteiger partial charge in [-0.2, -0.15) is 4.39 Å². The second kappa shape index (κ2) is 10.9. The van der Waals surface area contributed by atoms with E-state index in [1.165, 1.54) is 22.7 Å². The maximum absolute atomic E-state index is 13.6. The number of rotatable bonds is 9. The van der Waals surface area contributed by atoms with E-state index in [9.17, 15) is 9.18 Å². The number of amides is 1. The summed E-state index contributed by atoms with van der Waals surface area (Å²) < 4.78 is 19.7. The van der Waals surface area contributed by atoms with Gasteiger partial charge in [-0.25, -0.2) is 9.97 Å². The van der Waals surface area contributed by atoms with Gasteiger partial charge in [0.05, 0.1) is 16.8 Å². The molecule has 1 aromatic carbocycles. The second-order valence-electron chi connectivity index (χ2n) is 8.24. The van der Waals surface area contributed by atoms with Gasteiger partial charge < -0.3 is 20.7 Å². The molecule has 4 heterocycles. The van der Waals surface area contributed by atoms with Gasteiger partial charge in [0.1, 0.15) is 10.0 Å². The zero-order valence-electron chi connectivity index (χ0n) is 19.3. The van der Waals surface area contributed by atoms with Crippen molar-refractivity contribution in [3.05, 3.63) is 52.9 Å². The van der Waals surface area contributed by atoms with Crippen LogP contribution in [0.15, 0.2) is 36.5 Å². The maximum Gasteiger partial charge on any atom is 0.226 e. The first-order valence-corrected chi connectivity index (χ1v) is 13.1. The largest absolute Gasteiger partial charge is 0.383 e. The van der Waals surface area contributed by atoms with Crippen molar-refractivity contribution in [1.29, 1.82) is 0 Å². The van der Waals surface area contributed by atoms with Crippen LogP contribution in [0.3, 0.4) is 0 Å². The Morgan fingerprint density at radius 3 is 2.94 bits per heavy atom. The lowest BCUT2D eigenvalue weighted by atomic mass is 10.0. The van der Waals surface area contributed by atoms with Gasteiger partial charge >= 0.3 is 0 Å². The molecule has 0 bridgehead atoms. The number of pyridine rings is 1. The average molecular weight is 512 g/mol. The number of carbonyl (C=O) groups is 1. The third-order valence-electron chi connectivity index (χ3n) is 5.85. The number of ether oxygens (including phenoxy) is 1. The molecule has 10 heteroatoms. The molecule has 35 heavy (non-hydrogen) atoms. The Morgan fingerprint density at radius 1 is 1.20 bits per heavy atom. The molecule has 1 aliphatic heterocycles. The van der Waals surface area contributed by atoms with Crippen LogP contribution in [-0.2, 0) is 22.5 Å². The minimum atomic E-state index is -0.505. The lowest BCUT2D eigenvalue weighted by molar-refractivity contribution is -0.116. The Bertz CT molecular complexity index is 1350. The quantitative estimate of drug-likeness (QED) is 0.228. The molecule has 0 aliphatic carbocycles. The van der Waals surface area contributed by atoms with E-state index in [-0.39, 0.29) is 5.91 Å². The Kier molecular flexibility index (Phi) is 7.45. The predicted molar refractivity (Wildman–Crippen MR) is 140 cm³/mol. The van der Waals surface area contributed by atoms with Crippen LogP contribution in [0, 0.1) is 5.95 Å². The summed E-state index contributed by atoms with van der Waals surface area (Å²) in [5.41, 5.74) is 4.80. The zero-order valence-corrected chi connectivity index (χ0v) is 21.0. The third-order valence-corrected chi connectivity index (χ3v) is 8.06. The molecule has 7 nitrogen and oxygen atoms in total. The minimum Gasteiger partial charge on any atom is -0.383 e. The van der Waals surface area contributed by atoms with Crippen molar-refractivity contribution >= 4 is 43.8 Å². The van der Waals surface area contributed by atoms with Crippen LogP contribution in [-0.4, -0.2) is 49.2 Å². The highest BCUT2D eigenvalue weighted by Crippen LogP contribution is 2.45. The van der Waals surface area contributed by atoms with E-state index in [0.29, 0.717) is 26.1 Å². The first-order chi connectivity index (χ1) is 17.1. The number of thiophene rings is 1. The predicted octanol–water partition coefficient (Wildman–Crippen LogP) is 4.44. The molecular weight excluding hydrogens is 485 g/mol. The summed E-state index contributed by atoms with van der Waals surface area (Å²) in [6.45, 7) is 3.62. The Morgan fingerprint density at radius 2 is 2.09 bits per heavy atom. The highest BCUT2D eigenvalue weighted by Gasteiger charge is 2.25. The molecule has 1 amide bonds. The molecule has 3 aromatic heterocycles. The van der Waals surface area contributed by atoms with E-state index in [1.807, 2.05) is 18.2 Å². The van der Waals surface area contributed by atoms with Gasteiger partial charge in [0.2, 0.25) is 11.9 Å². The molecule has 0 saturated carbocycles. The summed E-state index contributed by atoms with van der Waals surface area (Å²) in [6.07, 6.45) is 2.75. The molecule has 5 rings (SSSR count). The highest BCUT2D eigenvalue weighted by molar-refractivity contribution is 7.23. The number of methoxy groups -OCH3 is 1. The Labute approximate surface area is 210 Å². The summed E-state index contributed by atoms with van der Waals surface area (Å²) in [4.78, 5) is 22.5. The number of fused-ring (bicyclic) bond motifs is 2. The number of thiazole rings is 1. The van der Waals surface area contributed by atoms with Crippen LogP contribution < -0.4 is 16.0 Å². The summed E-state index contributed by atoms with van der Waals surface area (Å²) in [6, 6.07) is 9.19. The van der Waals surface area contributed by atoms with Gasteiger partial charge in [0.15, 0.2) is 0 Å². The number of aromatic nitrogens is 2. The van der Waals surface area contributed by atoms with Crippen molar-refractivity contribution in [1.82, 2.24) is 20.6 Å². The Balaban J connectivity index is 1.43. The molecule has 3 N–H and O–H groups in total. The minimum absolute atomic E-state index is 0.0224. The number of hydrogen-bond donors (Lipinski definition) is 3. The van der Waals surface area contributed by atoms with Gasteiger partial charge in [-0.05, 0) is 47.9 Å². The number of anilines is 1. The number of nitrogens with zero attached hydrogens (tertiary/aromatic N) is 2. The number of halogens is 1. The first-order valence-electron chi connectivity index (χ1n) is 11.5. The van der Waals surface area contributed by atoms with Gasteiger partial charge in [0, 0.05) is 55.9 Å². The first kappa shape index (κ1) is 24.0. The van der Waals surface area contributed by atoms with Crippen LogP contribution in [0.25, 0.3) is 31.9 Å². The summed E-state index contributed by atoms with van der Waals surface area (Å²) in [5.74, 6) is -0.528. The summed E-state index contributed by atoms with van der Waals surface area (Å²) in [7, 11) is 1.66. The lowest BCUT2D eigenvalue weighted by Gasteiger charge is -2.13. The van der Waals surface area contributed by atoms with Crippen LogP contribution >= 0.6 is 22.7 Å². The molecule has 182 valence electrons. The smallest absolute Gasteiger partial charge is 0.226 e. The van der Waals surface area contributed by atoms with E-state index in [4.69, 9.17) is 9.72 Å². The molecule has 0 spiro atoms. The van der Waals surface area contributed by atoms with Crippen molar-refractivity contribution in [2.45, 2.75) is 19.4 Å². The van der Waals surface area contributed by atoms with Crippen LogP contribution in [0.2, 0.25) is 0 Å². The van der Waals surface area contributed by atoms with Crippen LogP contribution in [0.4, 0.5) is 9.39 Å². The summed E-state index contributed by atoms with van der Waals surface area (Å²) >= 11 is 3.24. The standard InChI is InChI=1S/C25H26FN5O2S2/c1-33-11-10-27-8-6-22(32)31-25-23(17-5-7-28-14-20(17)35-25)24-30-18-12-15(2-3-19(18)34-24)16-4-9-29-21(26)13-16/h2-4,9,12-13,27-28H,5-8,10-11,14H2,1H3,(H,31,32). The molecule has 0 atom stereocenters. The summed E-state index contributed by atoms with van der Waals surface area (Å²) in [5, 5.41) is 11.5. The van der Waals surface area contributed by atoms with E-state index >= 15 is 0 Å². The molecule has 1 aliphatic rings. The van der Waals surface area contributed by atoms with Crippen molar-refractivity contribution in [2.75, 3.05) is 38.7 Å². The third kappa shape index (κ3) is 5.41.